The summed E-state index contributed by atoms with van der Waals surface area (Å²) in [7, 11) is -3.73. The van der Waals surface area contributed by atoms with Gasteiger partial charge in [-0.25, -0.2) is 8.42 Å². The molecular formula is C15H11NO3S. The van der Waals surface area contributed by atoms with Crippen LogP contribution in [-0.4, -0.2) is 19.7 Å². The molecule has 0 spiro atoms. The van der Waals surface area contributed by atoms with Crippen molar-refractivity contribution >= 4 is 27.0 Å². The molecule has 2 aromatic carbocycles. The van der Waals surface area contributed by atoms with Gasteiger partial charge in [-0.2, -0.15) is 0 Å². The summed E-state index contributed by atoms with van der Waals surface area (Å²) < 4.78 is 25.2. The van der Waals surface area contributed by atoms with E-state index in [1.165, 1.54) is 12.1 Å². The number of para-hydroxylation sites is 1. The van der Waals surface area contributed by atoms with Crippen molar-refractivity contribution in [2.75, 3.05) is 0 Å². The highest BCUT2D eigenvalue weighted by Gasteiger charge is 2.24. The number of aromatic amines is 1. The van der Waals surface area contributed by atoms with Crippen molar-refractivity contribution in [2.24, 2.45) is 0 Å². The zero-order valence-electron chi connectivity index (χ0n) is 10.4. The number of aromatic nitrogens is 1. The van der Waals surface area contributed by atoms with Gasteiger partial charge in [-0.1, -0.05) is 36.4 Å². The Balaban J connectivity index is 2.32. The van der Waals surface area contributed by atoms with Gasteiger partial charge in [0, 0.05) is 10.9 Å². The fraction of sp³-hybridized carbons (Fsp3) is 0. The summed E-state index contributed by atoms with van der Waals surface area (Å²) in [5, 5.41) is 0.553. The molecule has 5 heteroatoms. The third-order valence-electron chi connectivity index (χ3n) is 3.15. The first-order valence-corrected chi connectivity index (χ1v) is 7.49. The van der Waals surface area contributed by atoms with Crippen LogP contribution < -0.4 is 0 Å². The molecule has 0 amide bonds. The summed E-state index contributed by atoms with van der Waals surface area (Å²) in [6.07, 6.45) is 0.578. The van der Waals surface area contributed by atoms with E-state index >= 15 is 0 Å². The predicted octanol–water partition coefficient (Wildman–Crippen LogP) is 2.81. The minimum atomic E-state index is -3.73. The average molecular weight is 285 g/mol. The number of aldehydes is 1. The number of H-pyrrole nitrogens is 1. The molecule has 3 rings (SSSR count). The van der Waals surface area contributed by atoms with Crippen molar-refractivity contribution in [2.45, 2.75) is 9.92 Å². The quantitative estimate of drug-likeness (QED) is 0.752. The van der Waals surface area contributed by atoms with Crippen molar-refractivity contribution in [1.29, 1.82) is 0 Å². The van der Waals surface area contributed by atoms with E-state index in [-0.39, 0.29) is 15.5 Å². The first-order chi connectivity index (χ1) is 9.64. The van der Waals surface area contributed by atoms with Gasteiger partial charge in [0.05, 0.1) is 10.5 Å². The number of carbonyl (C=O) groups excluding carboxylic acids is 1. The van der Waals surface area contributed by atoms with Crippen molar-refractivity contribution in [3.8, 4) is 0 Å². The van der Waals surface area contributed by atoms with E-state index in [0.717, 1.165) is 0 Å². The lowest BCUT2D eigenvalue weighted by Gasteiger charge is -2.02. The molecule has 0 aliphatic carbocycles. The van der Waals surface area contributed by atoms with Crippen LogP contribution in [-0.2, 0) is 9.84 Å². The highest BCUT2D eigenvalue weighted by atomic mass is 32.2. The van der Waals surface area contributed by atoms with Gasteiger partial charge in [0.25, 0.3) is 0 Å². The normalized spacial score (nSPS) is 11.6. The number of nitrogens with one attached hydrogen (secondary N) is 1. The fourth-order valence-electron chi connectivity index (χ4n) is 2.19. The van der Waals surface area contributed by atoms with Crippen molar-refractivity contribution in [3.63, 3.8) is 0 Å². The second-order valence-corrected chi connectivity index (χ2v) is 6.23. The monoisotopic (exact) mass is 285 g/mol. The Bertz CT molecular complexity index is 880. The third-order valence-corrected chi connectivity index (χ3v) is 4.90. The number of sulfone groups is 1. The van der Waals surface area contributed by atoms with E-state index in [0.29, 0.717) is 17.2 Å². The van der Waals surface area contributed by atoms with E-state index in [4.69, 9.17) is 0 Å². The SMILES string of the molecule is O=Cc1c(S(=O)(=O)c2ccccc2)[nH]c2ccccc12. The van der Waals surface area contributed by atoms with Crippen LogP contribution in [0.25, 0.3) is 10.9 Å². The smallest absolute Gasteiger partial charge is 0.222 e. The molecule has 0 saturated carbocycles. The Morgan fingerprint density at radius 2 is 1.55 bits per heavy atom. The molecule has 20 heavy (non-hydrogen) atoms. The number of benzene rings is 2. The molecule has 0 saturated heterocycles. The molecule has 1 heterocycles. The van der Waals surface area contributed by atoms with Crippen LogP contribution in [0.3, 0.4) is 0 Å². The lowest BCUT2D eigenvalue weighted by Crippen LogP contribution is -2.04. The molecule has 0 atom stereocenters. The summed E-state index contributed by atoms with van der Waals surface area (Å²) in [5.41, 5.74) is 0.800. The number of hydrogen-bond donors (Lipinski definition) is 1. The first-order valence-electron chi connectivity index (χ1n) is 6.00. The fourth-order valence-corrected chi connectivity index (χ4v) is 3.63. The molecule has 0 bridgehead atoms. The Labute approximate surface area is 116 Å². The van der Waals surface area contributed by atoms with Crippen LogP contribution in [0.1, 0.15) is 10.4 Å². The van der Waals surface area contributed by atoms with Gasteiger partial charge in [-0.05, 0) is 18.2 Å². The van der Waals surface area contributed by atoms with Crippen LogP contribution in [0.2, 0.25) is 0 Å². The first kappa shape index (κ1) is 12.6. The zero-order valence-corrected chi connectivity index (χ0v) is 11.2. The van der Waals surface area contributed by atoms with Crippen molar-refractivity contribution < 1.29 is 13.2 Å². The van der Waals surface area contributed by atoms with Crippen LogP contribution in [0.5, 0.6) is 0 Å². The van der Waals surface area contributed by atoms with Gasteiger partial charge in [0.1, 0.15) is 5.03 Å². The number of carbonyl (C=O) groups is 1. The molecule has 0 aliphatic rings. The maximum atomic E-state index is 12.6. The topological polar surface area (TPSA) is 67.0 Å². The Hall–Kier alpha value is -2.40. The molecule has 0 radical (unpaired) electrons. The van der Waals surface area contributed by atoms with E-state index < -0.39 is 9.84 Å². The van der Waals surface area contributed by atoms with Gasteiger partial charge in [0.15, 0.2) is 6.29 Å². The summed E-state index contributed by atoms with van der Waals surface area (Å²) in [6, 6.07) is 15.1. The maximum absolute atomic E-state index is 12.6. The lowest BCUT2D eigenvalue weighted by molar-refractivity contribution is 0.112. The zero-order chi connectivity index (χ0) is 14.2. The van der Waals surface area contributed by atoms with E-state index in [2.05, 4.69) is 4.98 Å². The van der Waals surface area contributed by atoms with Gasteiger partial charge in [-0.3, -0.25) is 4.79 Å². The molecule has 0 fully saturated rings. The third kappa shape index (κ3) is 1.83. The highest BCUT2D eigenvalue weighted by Crippen LogP contribution is 2.28. The van der Waals surface area contributed by atoms with Crippen LogP contribution in [0, 0.1) is 0 Å². The molecule has 100 valence electrons. The Morgan fingerprint density at radius 3 is 2.25 bits per heavy atom. The molecule has 0 aliphatic heterocycles. The van der Waals surface area contributed by atoms with Gasteiger partial charge < -0.3 is 4.98 Å². The lowest BCUT2D eigenvalue weighted by atomic mass is 10.2. The van der Waals surface area contributed by atoms with E-state index in [1.54, 1.807) is 42.5 Å². The van der Waals surface area contributed by atoms with Crippen LogP contribution in [0.4, 0.5) is 0 Å². The Kier molecular flexibility index (Phi) is 2.91. The molecule has 4 nitrogen and oxygen atoms in total. The predicted molar refractivity (Wildman–Crippen MR) is 75.6 cm³/mol. The number of hydrogen-bond acceptors (Lipinski definition) is 3. The highest BCUT2D eigenvalue weighted by molar-refractivity contribution is 7.91. The number of rotatable bonds is 3. The summed E-state index contributed by atoms with van der Waals surface area (Å²) in [4.78, 5) is 14.3. The maximum Gasteiger partial charge on any atom is 0.222 e. The van der Waals surface area contributed by atoms with Crippen molar-refractivity contribution in [3.05, 3.63) is 60.2 Å². The summed E-state index contributed by atoms with van der Waals surface area (Å²) in [6.45, 7) is 0. The van der Waals surface area contributed by atoms with Crippen LogP contribution >= 0.6 is 0 Å². The summed E-state index contributed by atoms with van der Waals surface area (Å²) >= 11 is 0. The second kappa shape index (κ2) is 4.61. The molecule has 1 aromatic heterocycles. The van der Waals surface area contributed by atoms with Gasteiger partial charge in [0.2, 0.25) is 9.84 Å². The van der Waals surface area contributed by atoms with Gasteiger partial charge in [-0.15, -0.1) is 0 Å². The molecular weight excluding hydrogens is 274 g/mol. The average Bonchev–Trinajstić information content (AvgIpc) is 2.87. The van der Waals surface area contributed by atoms with E-state index in [1.807, 2.05) is 0 Å². The molecule has 3 aromatic rings. The molecule has 0 unspecified atom stereocenters. The largest absolute Gasteiger partial charge is 0.345 e. The number of fused-ring (bicyclic) bond motifs is 1. The molecule has 1 N–H and O–H groups in total. The van der Waals surface area contributed by atoms with Gasteiger partial charge >= 0.3 is 0 Å². The van der Waals surface area contributed by atoms with E-state index in [9.17, 15) is 13.2 Å². The van der Waals surface area contributed by atoms with Crippen LogP contribution in [0.15, 0.2) is 64.5 Å². The minimum Gasteiger partial charge on any atom is -0.345 e. The summed E-state index contributed by atoms with van der Waals surface area (Å²) in [5.74, 6) is 0. The Morgan fingerprint density at radius 1 is 0.900 bits per heavy atom. The van der Waals surface area contributed by atoms with Crippen molar-refractivity contribution in [1.82, 2.24) is 4.98 Å². The minimum absolute atomic E-state index is 0.0556. The standard InChI is InChI=1S/C15H11NO3S/c17-10-13-12-8-4-5-9-14(12)16-15(13)20(18,19)11-6-2-1-3-7-11/h1-10,16H. The second-order valence-electron chi connectivity index (χ2n) is 4.35.